The molecule has 0 radical (unpaired) electrons. The van der Waals surface area contributed by atoms with E-state index >= 15 is 0 Å². The number of alkyl halides is 3. The van der Waals surface area contributed by atoms with E-state index in [1.54, 1.807) is 13.0 Å². The highest BCUT2D eigenvalue weighted by atomic mass is 19.4. The van der Waals surface area contributed by atoms with Crippen molar-refractivity contribution in [2.45, 2.75) is 63.9 Å². The zero-order valence-corrected chi connectivity index (χ0v) is 17.2. The zero-order chi connectivity index (χ0) is 22.1. The fourth-order valence-corrected chi connectivity index (χ4v) is 4.49. The number of carbonyl (C=O) groups is 2. The van der Waals surface area contributed by atoms with Crippen LogP contribution in [0.25, 0.3) is 0 Å². The number of ether oxygens (including phenoxy) is 1. The highest BCUT2D eigenvalue weighted by Crippen LogP contribution is 2.39. The van der Waals surface area contributed by atoms with Crippen LogP contribution in [0.2, 0.25) is 0 Å². The quantitative estimate of drug-likeness (QED) is 0.778. The third-order valence-corrected chi connectivity index (χ3v) is 6.33. The molecule has 0 aliphatic carbocycles. The van der Waals surface area contributed by atoms with Crippen molar-refractivity contribution in [1.29, 1.82) is 0 Å². The number of aryl methyl sites for hydroxylation is 1. The number of carboxylic acids is 1. The molecule has 0 saturated carbocycles. The smallest absolute Gasteiger partial charge is 0.425 e. The van der Waals surface area contributed by atoms with E-state index in [0.717, 1.165) is 31.9 Å². The highest BCUT2D eigenvalue weighted by molar-refractivity contribution is 5.89. The summed E-state index contributed by atoms with van der Waals surface area (Å²) in [7, 11) is 0. The largest absolute Gasteiger partial charge is 0.478 e. The number of nitrogens with zero attached hydrogens (tertiary/aromatic N) is 2. The molecule has 166 valence electrons. The number of rotatable bonds is 4. The Balaban J connectivity index is 1.61. The van der Waals surface area contributed by atoms with Gasteiger partial charge in [0.2, 0.25) is 0 Å². The topological polar surface area (TPSA) is 70.1 Å². The minimum atomic E-state index is -4.57. The first-order valence-corrected chi connectivity index (χ1v) is 10.1. The number of carbonyl (C=O) groups excluding carboxylic acids is 1. The number of likely N-dealkylation sites (tertiary alicyclic amines) is 2. The van der Waals surface area contributed by atoms with E-state index in [2.05, 4.69) is 9.64 Å². The summed E-state index contributed by atoms with van der Waals surface area (Å²) in [6, 6.07) is 5.34. The van der Waals surface area contributed by atoms with Crippen molar-refractivity contribution in [2.24, 2.45) is 0 Å². The first-order valence-electron chi connectivity index (χ1n) is 10.1. The summed E-state index contributed by atoms with van der Waals surface area (Å²) in [6.45, 7) is 4.90. The molecule has 3 rings (SSSR count). The molecular formula is C21H27F3N2O4. The van der Waals surface area contributed by atoms with Crippen molar-refractivity contribution >= 4 is 12.1 Å². The molecule has 6 nitrogen and oxygen atoms in total. The van der Waals surface area contributed by atoms with Gasteiger partial charge in [0.15, 0.2) is 6.10 Å². The Bertz CT molecular complexity index is 804. The maximum atomic E-state index is 12.6. The van der Waals surface area contributed by atoms with Gasteiger partial charge >= 0.3 is 18.2 Å². The minimum Gasteiger partial charge on any atom is -0.478 e. The predicted molar refractivity (Wildman–Crippen MR) is 103 cm³/mol. The summed E-state index contributed by atoms with van der Waals surface area (Å²) >= 11 is 0. The van der Waals surface area contributed by atoms with Crippen LogP contribution in [-0.4, -0.2) is 64.4 Å². The number of aromatic carboxylic acids is 1. The molecule has 1 N–H and O–H groups in total. The molecule has 1 aromatic rings. The van der Waals surface area contributed by atoms with E-state index in [-0.39, 0.29) is 11.1 Å². The van der Waals surface area contributed by atoms with Crippen molar-refractivity contribution < 1.29 is 32.6 Å². The molecule has 1 amide bonds. The van der Waals surface area contributed by atoms with E-state index in [0.29, 0.717) is 38.0 Å². The lowest BCUT2D eigenvalue weighted by molar-refractivity contribution is -0.200. The fraction of sp³-hybridized carbons (Fsp3) is 0.619. The zero-order valence-electron chi connectivity index (χ0n) is 17.2. The van der Waals surface area contributed by atoms with Crippen LogP contribution in [0.3, 0.4) is 0 Å². The normalized spacial score (nSPS) is 20.4. The molecule has 0 bridgehead atoms. The molecule has 9 heteroatoms. The van der Waals surface area contributed by atoms with Crippen LogP contribution in [-0.2, 0) is 11.3 Å². The number of piperidine rings is 1. The fourth-order valence-electron chi connectivity index (χ4n) is 4.49. The SMILES string of the molecule is Cc1cc(CN2CCCC23CCN(C(=O)OC(C)C(F)(F)F)CC3)ccc1C(=O)O. The van der Waals surface area contributed by atoms with Crippen molar-refractivity contribution in [3.63, 3.8) is 0 Å². The van der Waals surface area contributed by atoms with Gasteiger partial charge in [-0.15, -0.1) is 0 Å². The standard InChI is InChI=1S/C21H27F3N2O4/c1-14-12-16(4-5-17(14)18(27)28)13-26-9-3-6-20(26)7-10-25(11-8-20)19(29)30-15(2)21(22,23)24/h4-5,12,15H,3,6-11,13H2,1-2H3,(H,27,28). The van der Waals surface area contributed by atoms with Gasteiger partial charge in [0, 0.05) is 25.2 Å². The number of benzene rings is 1. The van der Waals surface area contributed by atoms with Crippen LogP contribution in [0.5, 0.6) is 0 Å². The van der Waals surface area contributed by atoms with Crippen molar-refractivity contribution in [1.82, 2.24) is 9.80 Å². The van der Waals surface area contributed by atoms with Gasteiger partial charge in [0.1, 0.15) is 0 Å². The number of halogens is 3. The van der Waals surface area contributed by atoms with Gasteiger partial charge in [-0.3, -0.25) is 4.90 Å². The number of amides is 1. The Morgan fingerprint density at radius 2 is 1.87 bits per heavy atom. The van der Waals surface area contributed by atoms with Crippen LogP contribution in [0.4, 0.5) is 18.0 Å². The lowest BCUT2D eigenvalue weighted by Gasteiger charge is -2.45. The molecule has 1 spiro atoms. The van der Waals surface area contributed by atoms with E-state index in [1.807, 2.05) is 12.1 Å². The molecule has 1 aromatic carbocycles. The Morgan fingerprint density at radius 3 is 2.43 bits per heavy atom. The van der Waals surface area contributed by atoms with Gasteiger partial charge < -0.3 is 14.7 Å². The molecule has 2 fully saturated rings. The predicted octanol–water partition coefficient (Wildman–Crippen LogP) is 4.21. The van der Waals surface area contributed by atoms with Gasteiger partial charge in [-0.1, -0.05) is 12.1 Å². The van der Waals surface area contributed by atoms with Gasteiger partial charge in [0.05, 0.1) is 5.56 Å². The van der Waals surface area contributed by atoms with Gasteiger partial charge in [-0.05, 0) is 63.3 Å². The first-order chi connectivity index (χ1) is 14.0. The average Bonchev–Trinajstić information content (AvgIpc) is 3.03. The molecular weight excluding hydrogens is 401 g/mol. The summed E-state index contributed by atoms with van der Waals surface area (Å²) < 4.78 is 42.5. The van der Waals surface area contributed by atoms with Crippen LogP contribution < -0.4 is 0 Å². The number of carboxylic acid groups (broad SMARTS) is 1. The second-order valence-corrected chi connectivity index (χ2v) is 8.26. The lowest BCUT2D eigenvalue weighted by Crippen LogP contribution is -2.53. The van der Waals surface area contributed by atoms with Gasteiger partial charge in [-0.25, -0.2) is 9.59 Å². The molecule has 2 saturated heterocycles. The van der Waals surface area contributed by atoms with Gasteiger partial charge in [-0.2, -0.15) is 13.2 Å². The number of hydrogen-bond acceptors (Lipinski definition) is 4. The second-order valence-electron chi connectivity index (χ2n) is 8.26. The van der Waals surface area contributed by atoms with Crippen molar-refractivity contribution in [3.8, 4) is 0 Å². The maximum Gasteiger partial charge on any atom is 0.425 e. The van der Waals surface area contributed by atoms with Crippen LogP contribution in [0.15, 0.2) is 18.2 Å². The summed E-state index contributed by atoms with van der Waals surface area (Å²) in [6.07, 6.45) is -4.27. The van der Waals surface area contributed by atoms with E-state index < -0.39 is 24.3 Å². The van der Waals surface area contributed by atoms with E-state index in [9.17, 15) is 27.9 Å². The van der Waals surface area contributed by atoms with E-state index in [1.165, 1.54) is 4.90 Å². The summed E-state index contributed by atoms with van der Waals surface area (Å²) in [5.41, 5.74) is 1.94. The summed E-state index contributed by atoms with van der Waals surface area (Å²) in [4.78, 5) is 27.0. The Kier molecular flexibility index (Phi) is 6.31. The molecule has 2 aliphatic rings. The Morgan fingerprint density at radius 1 is 1.20 bits per heavy atom. The average molecular weight is 428 g/mol. The third-order valence-electron chi connectivity index (χ3n) is 6.33. The second kappa shape index (κ2) is 8.45. The van der Waals surface area contributed by atoms with E-state index in [4.69, 9.17) is 0 Å². The van der Waals surface area contributed by atoms with Gasteiger partial charge in [0.25, 0.3) is 0 Å². The minimum absolute atomic E-state index is 0.0915. The van der Waals surface area contributed by atoms with Crippen molar-refractivity contribution in [2.75, 3.05) is 19.6 Å². The van der Waals surface area contributed by atoms with Crippen LogP contribution in [0, 0.1) is 6.92 Å². The summed E-state index contributed by atoms with van der Waals surface area (Å²) in [5.74, 6) is -0.948. The lowest BCUT2D eigenvalue weighted by atomic mass is 9.84. The molecule has 30 heavy (non-hydrogen) atoms. The van der Waals surface area contributed by atoms with Crippen LogP contribution >= 0.6 is 0 Å². The van der Waals surface area contributed by atoms with Crippen LogP contribution in [0.1, 0.15) is 54.1 Å². The summed E-state index contributed by atoms with van der Waals surface area (Å²) in [5, 5.41) is 9.19. The molecule has 1 atom stereocenters. The number of hydrogen-bond donors (Lipinski definition) is 1. The Labute approximate surface area is 173 Å². The highest BCUT2D eigenvalue weighted by Gasteiger charge is 2.45. The molecule has 2 heterocycles. The maximum absolute atomic E-state index is 12.6. The first kappa shape index (κ1) is 22.4. The molecule has 1 unspecified atom stereocenters. The third kappa shape index (κ3) is 4.71. The van der Waals surface area contributed by atoms with Crippen molar-refractivity contribution in [3.05, 3.63) is 34.9 Å². The Hall–Kier alpha value is -2.29. The monoisotopic (exact) mass is 428 g/mol. The molecule has 2 aliphatic heterocycles. The molecule has 0 aromatic heterocycles.